The van der Waals surface area contributed by atoms with Gasteiger partial charge in [-0.15, -0.1) is 0 Å². The van der Waals surface area contributed by atoms with Gasteiger partial charge in [0.2, 0.25) is 0 Å². The molecule has 4 atom stereocenters. The lowest BCUT2D eigenvalue weighted by atomic mass is 9.87. The number of benzene rings is 3. The Labute approximate surface area is 240 Å². The van der Waals surface area contributed by atoms with Gasteiger partial charge in [-0.05, 0) is 72.4 Å². The number of aromatic nitrogens is 2. The van der Waals surface area contributed by atoms with Gasteiger partial charge in [-0.2, -0.15) is 0 Å². The van der Waals surface area contributed by atoms with E-state index in [9.17, 15) is 0 Å². The summed E-state index contributed by atoms with van der Waals surface area (Å²) in [5, 5.41) is 2.53. The predicted molar refractivity (Wildman–Crippen MR) is 169 cm³/mol. The van der Waals surface area contributed by atoms with Crippen LogP contribution in [0, 0.1) is 17.8 Å². The highest BCUT2D eigenvalue weighted by Crippen LogP contribution is 2.59. The molecule has 2 heterocycles. The summed E-state index contributed by atoms with van der Waals surface area (Å²) in [7, 11) is 0. The van der Waals surface area contributed by atoms with Gasteiger partial charge in [0.05, 0.1) is 22.4 Å². The topological polar surface area (TPSA) is 25.8 Å². The average Bonchev–Trinajstić information content (AvgIpc) is 3.95. The van der Waals surface area contributed by atoms with Gasteiger partial charge in [-0.3, -0.25) is 0 Å². The first-order valence-electron chi connectivity index (χ1n) is 14.9. The first kappa shape index (κ1) is 23.2. The minimum atomic E-state index is 0.113. The van der Waals surface area contributed by atoms with Gasteiger partial charge in [-0.25, -0.2) is 9.97 Å². The van der Waals surface area contributed by atoms with E-state index in [0.29, 0.717) is 5.92 Å². The van der Waals surface area contributed by atoms with Crippen molar-refractivity contribution in [2.45, 2.75) is 24.7 Å². The van der Waals surface area contributed by atoms with Crippen molar-refractivity contribution in [2.24, 2.45) is 17.8 Å². The summed E-state index contributed by atoms with van der Waals surface area (Å²) in [5.74, 6) is 2.09. The fraction of sp³-hybridized carbons (Fsp3) is 0.179. The number of fused-ring (bicyclic) bond motifs is 4. The van der Waals surface area contributed by atoms with E-state index in [2.05, 4.69) is 127 Å². The van der Waals surface area contributed by atoms with E-state index in [4.69, 9.17) is 9.97 Å². The zero-order valence-electron chi connectivity index (χ0n) is 22.9. The van der Waals surface area contributed by atoms with Crippen LogP contribution in [0.4, 0.5) is 0 Å². The van der Waals surface area contributed by atoms with Crippen LogP contribution in [0.15, 0.2) is 133 Å². The number of hydrogen-bond acceptors (Lipinski definition) is 2. The molecule has 2 aromatic heterocycles. The van der Waals surface area contributed by atoms with E-state index in [1.54, 1.807) is 5.57 Å². The summed E-state index contributed by atoms with van der Waals surface area (Å²) in [4.78, 5) is 10.2. The minimum absolute atomic E-state index is 0.113. The van der Waals surface area contributed by atoms with Gasteiger partial charge in [0.25, 0.3) is 0 Å². The lowest BCUT2D eigenvalue weighted by Crippen LogP contribution is -2.09. The number of para-hydroxylation sites is 2. The molecule has 2 saturated carbocycles. The summed E-state index contributed by atoms with van der Waals surface area (Å²) in [6.45, 7) is 0. The van der Waals surface area contributed by atoms with E-state index >= 15 is 0 Å². The Hall–Kier alpha value is -4.56. The van der Waals surface area contributed by atoms with Gasteiger partial charge in [-0.1, -0.05) is 109 Å². The van der Waals surface area contributed by atoms with E-state index < -0.39 is 0 Å². The van der Waals surface area contributed by atoms with Crippen LogP contribution in [0.3, 0.4) is 0 Å². The molecule has 0 amide bonds. The molecule has 9 rings (SSSR count). The Morgan fingerprint density at radius 1 is 0.707 bits per heavy atom. The van der Waals surface area contributed by atoms with Crippen molar-refractivity contribution in [1.29, 1.82) is 0 Å². The summed E-state index contributed by atoms with van der Waals surface area (Å²) in [6.07, 6.45) is 19.6. The first-order valence-corrected chi connectivity index (χ1v) is 14.9. The molecule has 0 radical (unpaired) electrons. The highest BCUT2D eigenvalue weighted by Gasteiger charge is 2.53. The quantitative estimate of drug-likeness (QED) is 0.228. The molecule has 4 aliphatic carbocycles. The fourth-order valence-corrected chi connectivity index (χ4v) is 7.33. The largest absolute Gasteiger partial charge is 0.248 e. The lowest BCUT2D eigenvalue weighted by Gasteiger charge is -2.19. The lowest BCUT2D eigenvalue weighted by molar-refractivity contribution is 0.825. The Bertz CT molecular complexity index is 1990. The third kappa shape index (κ3) is 3.78. The van der Waals surface area contributed by atoms with Crippen molar-refractivity contribution < 1.29 is 0 Å². The molecule has 2 nitrogen and oxygen atoms in total. The number of pyridine rings is 2. The molecule has 2 heteroatoms. The maximum Gasteiger partial charge on any atom is 0.0712 e. The number of rotatable bonds is 5. The Balaban J connectivity index is 1.10. The van der Waals surface area contributed by atoms with Crippen molar-refractivity contribution >= 4 is 21.8 Å². The van der Waals surface area contributed by atoms with Gasteiger partial charge in [0.1, 0.15) is 0 Å². The van der Waals surface area contributed by atoms with E-state index in [-0.39, 0.29) is 5.41 Å². The van der Waals surface area contributed by atoms with Crippen molar-refractivity contribution in [3.63, 3.8) is 0 Å². The van der Waals surface area contributed by atoms with E-state index in [1.165, 1.54) is 34.7 Å². The first-order chi connectivity index (χ1) is 20.2. The zero-order chi connectivity index (χ0) is 27.0. The van der Waals surface area contributed by atoms with Crippen LogP contribution in [0.5, 0.6) is 0 Å². The fourth-order valence-electron chi connectivity index (χ4n) is 7.33. The second-order valence-electron chi connectivity index (χ2n) is 12.2. The number of hydrogen-bond donors (Lipinski definition) is 0. The Morgan fingerprint density at radius 2 is 1.41 bits per heavy atom. The van der Waals surface area contributed by atoms with Crippen molar-refractivity contribution in [1.82, 2.24) is 9.97 Å². The molecule has 196 valence electrons. The van der Waals surface area contributed by atoms with Gasteiger partial charge < -0.3 is 0 Å². The SMILES string of the molecule is C1=CC2CC2C(Cc2cc(-c3ccc(-c4cc(C56C=CC=CC5C6)c5ccccc5n4)cc3)nc3ccccc23)=C1. The van der Waals surface area contributed by atoms with Crippen LogP contribution < -0.4 is 0 Å². The van der Waals surface area contributed by atoms with Crippen LogP contribution in [-0.2, 0) is 11.8 Å². The minimum Gasteiger partial charge on any atom is -0.248 e. The van der Waals surface area contributed by atoms with Crippen molar-refractivity contribution in [3.05, 3.63) is 144 Å². The molecular weight excluding hydrogens is 496 g/mol. The maximum absolute atomic E-state index is 5.11. The molecule has 0 spiro atoms. The van der Waals surface area contributed by atoms with E-state index in [0.717, 1.165) is 51.8 Å². The molecule has 0 N–H and O–H groups in total. The van der Waals surface area contributed by atoms with Gasteiger partial charge in [0.15, 0.2) is 0 Å². The van der Waals surface area contributed by atoms with Crippen LogP contribution in [0.2, 0.25) is 0 Å². The number of allylic oxidation sites excluding steroid dienone is 8. The van der Waals surface area contributed by atoms with Crippen LogP contribution >= 0.6 is 0 Å². The highest BCUT2D eigenvalue weighted by atomic mass is 14.7. The normalized spacial score (nSPS) is 25.2. The van der Waals surface area contributed by atoms with Gasteiger partial charge >= 0.3 is 0 Å². The molecule has 4 unspecified atom stereocenters. The summed E-state index contributed by atoms with van der Waals surface area (Å²) < 4.78 is 0. The van der Waals surface area contributed by atoms with Crippen LogP contribution in [0.25, 0.3) is 44.3 Å². The Kier molecular flexibility index (Phi) is 4.93. The predicted octanol–water partition coefficient (Wildman–Crippen LogP) is 9.18. The second kappa shape index (κ2) is 8.72. The van der Waals surface area contributed by atoms with E-state index in [1.807, 2.05) is 0 Å². The summed E-state index contributed by atoms with van der Waals surface area (Å²) in [5.41, 5.74) is 10.9. The molecular formula is C39H30N2. The van der Waals surface area contributed by atoms with Crippen LogP contribution in [-0.4, -0.2) is 9.97 Å². The molecule has 0 bridgehead atoms. The molecule has 0 aliphatic heterocycles. The molecule has 5 aromatic rings. The van der Waals surface area contributed by atoms with Crippen molar-refractivity contribution in [2.75, 3.05) is 0 Å². The second-order valence-corrected chi connectivity index (χ2v) is 12.2. The molecule has 4 aliphatic rings. The molecule has 41 heavy (non-hydrogen) atoms. The highest BCUT2D eigenvalue weighted by molar-refractivity contribution is 5.88. The Morgan fingerprint density at radius 3 is 2.20 bits per heavy atom. The molecule has 3 aromatic carbocycles. The smallest absolute Gasteiger partial charge is 0.0712 e. The monoisotopic (exact) mass is 526 g/mol. The summed E-state index contributed by atoms with van der Waals surface area (Å²) >= 11 is 0. The van der Waals surface area contributed by atoms with Crippen LogP contribution in [0.1, 0.15) is 24.0 Å². The zero-order valence-corrected chi connectivity index (χ0v) is 22.9. The third-order valence-corrected chi connectivity index (χ3v) is 9.78. The molecule has 2 fully saturated rings. The number of nitrogens with zero attached hydrogens (tertiary/aromatic N) is 2. The third-order valence-electron chi connectivity index (χ3n) is 9.78. The summed E-state index contributed by atoms with van der Waals surface area (Å²) in [6, 6.07) is 30.7. The standard InChI is InChI=1S/C39H30N2/c1-3-13-35-31(11-1)29(20-27-8-7-9-28-21-33(27)28)22-37(40-35)25-15-17-26(18-16-25)38-23-34(32-12-2-4-14-36(32)41-38)39-19-6-5-10-30(39)24-39/h1-19,22-23,28,30,33H,20-21,24H2. The van der Waals surface area contributed by atoms with Gasteiger partial charge in [0, 0.05) is 27.3 Å². The maximum atomic E-state index is 5.11. The van der Waals surface area contributed by atoms with Crippen molar-refractivity contribution in [3.8, 4) is 22.5 Å². The molecule has 0 saturated heterocycles. The average molecular weight is 527 g/mol.